The number of primary amides is 2. The number of carbonyl (C=O) groups is 8. The number of carboxylic acid groups (broad SMARTS) is 1. The molecular formula is C32H56N12O9. The number of nitrogens with two attached hydrogens (primary N) is 6. The Morgan fingerprint density at radius 3 is 1.72 bits per heavy atom. The maximum absolute atomic E-state index is 14.0. The number of nitrogens with zero attached hydrogens (tertiary/aromatic N) is 3. The Morgan fingerprint density at radius 1 is 0.679 bits per heavy atom. The molecule has 2 aliphatic heterocycles. The summed E-state index contributed by atoms with van der Waals surface area (Å²) < 4.78 is 0. The molecule has 6 atom stereocenters. The zero-order valence-electron chi connectivity index (χ0n) is 30.0. The van der Waals surface area contributed by atoms with Gasteiger partial charge < -0.3 is 65.3 Å². The Labute approximate surface area is 307 Å². The Hall–Kier alpha value is -5.05. The number of aliphatic imine (C=N–C) groups is 1. The lowest BCUT2D eigenvalue weighted by Gasteiger charge is -2.32. The fourth-order valence-corrected chi connectivity index (χ4v) is 6.32. The molecule has 0 radical (unpaired) electrons. The van der Waals surface area contributed by atoms with Crippen LogP contribution in [0, 0.1) is 0 Å². The lowest BCUT2D eigenvalue weighted by Crippen LogP contribution is -2.58. The van der Waals surface area contributed by atoms with E-state index < -0.39 is 83.6 Å². The highest BCUT2D eigenvalue weighted by Gasteiger charge is 2.41. The zero-order valence-corrected chi connectivity index (χ0v) is 30.0. The highest BCUT2D eigenvalue weighted by Crippen LogP contribution is 2.23. The van der Waals surface area contributed by atoms with Gasteiger partial charge in [0.15, 0.2) is 5.96 Å². The lowest BCUT2D eigenvalue weighted by atomic mass is 10.0. The monoisotopic (exact) mass is 752 g/mol. The van der Waals surface area contributed by atoms with Crippen molar-refractivity contribution in [3.63, 3.8) is 0 Å². The summed E-state index contributed by atoms with van der Waals surface area (Å²) in [5, 5.41) is 17.1. The van der Waals surface area contributed by atoms with E-state index in [-0.39, 0.29) is 51.0 Å². The van der Waals surface area contributed by atoms with Crippen molar-refractivity contribution >= 4 is 53.3 Å². The second kappa shape index (κ2) is 22.1. The highest BCUT2D eigenvalue weighted by molar-refractivity contribution is 5.97. The number of unbranched alkanes of at least 4 members (excludes halogenated alkanes) is 1. The van der Waals surface area contributed by atoms with Crippen molar-refractivity contribution < 1.29 is 43.5 Å². The molecule has 0 aromatic carbocycles. The van der Waals surface area contributed by atoms with Crippen molar-refractivity contribution in [3.8, 4) is 0 Å². The van der Waals surface area contributed by atoms with Crippen molar-refractivity contribution in [1.29, 1.82) is 0 Å². The smallest absolute Gasteiger partial charge is 0.326 e. The molecule has 0 spiro atoms. The summed E-state index contributed by atoms with van der Waals surface area (Å²) in [6.45, 7) is 1.10. The van der Waals surface area contributed by atoms with Crippen LogP contribution in [0.5, 0.6) is 0 Å². The van der Waals surface area contributed by atoms with Gasteiger partial charge >= 0.3 is 5.97 Å². The molecule has 16 N–H and O–H groups in total. The van der Waals surface area contributed by atoms with Gasteiger partial charge in [-0.15, -0.1) is 0 Å². The van der Waals surface area contributed by atoms with Gasteiger partial charge in [0.1, 0.15) is 30.2 Å². The van der Waals surface area contributed by atoms with Crippen LogP contribution in [-0.2, 0) is 38.4 Å². The van der Waals surface area contributed by atoms with Gasteiger partial charge in [-0.05, 0) is 77.2 Å². The molecule has 2 rings (SSSR count). The van der Waals surface area contributed by atoms with Gasteiger partial charge in [-0.2, -0.15) is 0 Å². The minimum atomic E-state index is -1.51. The minimum Gasteiger partial charge on any atom is -0.480 e. The van der Waals surface area contributed by atoms with E-state index in [2.05, 4.69) is 20.9 Å². The largest absolute Gasteiger partial charge is 0.480 e. The number of carbonyl (C=O) groups excluding carboxylic acids is 7. The van der Waals surface area contributed by atoms with E-state index in [4.69, 9.17) is 34.4 Å². The van der Waals surface area contributed by atoms with Crippen molar-refractivity contribution in [1.82, 2.24) is 25.8 Å². The standard InChI is InChI=1S/C32H56N12O9/c33-14-2-1-7-20(41-28(49)22-8-4-16-43(22)29(50)18(34)6-3-15-39-32(37)38)30(51)44-17-5-9-23(44)27(48)40-19(10-12-24(35)45)26(47)42-21(31(52)53)11-13-25(36)46/h18-23H,1-17,33-34H2,(H2,35,45)(H2,36,46)(H,40,48)(H,41,49)(H,42,47)(H,52,53)(H4,37,38,39)/t18-,19-,20-,21-,22-,23-/m0/s1. The first kappa shape index (κ1) is 44.1. The predicted octanol–water partition coefficient (Wildman–Crippen LogP) is -4.45. The summed E-state index contributed by atoms with van der Waals surface area (Å²) in [6, 6.07) is -6.80. The quantitative estimate of drug-likeness (QED) is 0.0268. The number of hydrogen-bond acceptors (Lipinski definition) is 11. The number of nitrogens with one attached hydrogen (secondary N) is 3. The van der Waals surface area contributed by atoms with Crippen molar-refractivity contribution in [3.05, 3.63) is 0 Å². The highest BCUT2D eigenvalue weighted by atomic mass is 16.4. The molecule has 0 bridgehead atoms. The van der Waals surface area contributed by atoms with E-state index in [9.17, 15) is 43.5 Å². The number of rotatable bonds is 23. The van der Waals surface area contributed by atoms with Crippen LogP contribution in [0.4, 0.5) is 0 Å². The summed E-state index contributed by atoms with van der Waals surface area (Å²) in [5.41, 5.74) is 32.9. The zero-order chi connectivity index (χ0) is 39.7. The third kappa shape index (κ3) is 14.5. The van der Waals surface area contributed by atoms with Gasteiger partial charge in [0, 0.05) is 32.5 Å². The summed E-state index contributed by atoms with van der Waals surface area (Å²) in [4.78, 5) is 109. The molecule has 53 heavy (non-hydrogen) atoms. The van der Waals surface area contributed by atoms with Crippen LogP contribution in [0.3, 0.4) is 0 Å². The molecule has 2 fully saturated rings. The molecule has 0 aromatic heterocycles. The van der Waals surface area contributed by atoms with Crippen LogP contribution in [0.2, 0.25) is 0 Å². The van der Waals surface area contributed by atoms with Crippen molar-refractivity contribution in [2.75, 3.05) is 26.2 Å². The van der Waals surface area contributed by atoms with Gasteiger partial charge in [0.25, 0.3) is 0 Å². The minimum absolute atomic E-state index is 0.0738. The average Bonchev–Trinajstić information content (AvgIpc) is 3.79. The molecule has 21 nitrogen and oxygen atoms in total. The van der Waals surface area contributed by atoms with E-state index in [0.717, 1.165) is 0 Å². The maximum atomic E-state index is 14.0. The molecule has 7 amide bonds. The predicted molar refractivity (Wildman–Crippen MR) is 191 cm³/mol. The molecule has 0 saturated carbocycles. The summed E-state index contributed by atoms with van der Waals surface area (Å²) in [5.74, 6) is -6.25. The average molecular weight is 753 g/mol. The first-order chi connectivity index (χ1) is 25.1. The molecule has 0 aromatic rings. The maximum Gasteiger partial charge on any atom is 0.326 e. The van der Waals surface area contributed by atoms with Crippen LogP contribution in [-0.4, -0.2) is 131 Å². The molecular weight excluding hydrogens is 696 g/mol. The van der Waals surface area contributed by atoms with E-state index in [1.165, 1.54) is 9.80 Å². The number of hydrogen-bond donors (Lipinski definition) is 10. The Kier molecular flexibility index (Phi) is 18.4. The van der Waals surface area contributed by atoms with Gasteiger partial charge in [0.2, 0.25) is 41.4 Å². The van der Waals surface area contributed by atoms with Gasteiger partial charge in [-0.25, -0.2) is 4.79 Å². The second-order valence-corrected chi connectivity index (χ2v) is 13.3. The normalized spacial score (nSPS) is 19.0. The SMILES string of the molecule is NCCCC[C@H](NC(=O)[C@@H]1CCCN1C(=O)[C@@H](N)CCCN=C(N)N)C(=O)N1CCC[C@H]1C(=O)N[C@@H](CCC(N)=O)C(=O)N[C@@H](CCC(N)=O)C(=O)O. The van der Waals surface area contributed by atoms with Crippen LogP contribution in [0.15, 0.2) is 4.99 Å². The second-order valence-electron chi connectivity index (χ2n) is 13.3. The summed E-state index contributed by atoms with van der Waals surface area (Å²) in [7, 11) is 0. The lowest BCUT2D eigenvalue weighted by molar-refractivity contribution is -0.144. The fourth-order valence-electron chi connectivity index (χ4n) is 6.32. The van der Waals surface area contributed by atoms with Crippen molar-refractivity contribution in [2.24, 2.45) is 39.4 Å². The van der Waals surface area contributed by atoms with E-state index in [0.29, 0.717) is 64.6 Å². The van der Waals surface area contributed by atoms with Crippen LogP contribution < -0.4 is 50.4 Å². The van der Waals surface area contributed by atoms with Crippen LogP contribution in [0.25, 0.3) is 0 Å². The van der Waals surface area contributed by atoms with E-state index >= 15 is 0 Å². The number of aliphatic carboxylic acids is 1. The Morgan fingerprint density at radius 2 is 1.21 bits per heavy atom. The molecule has 2 saturated heterocycles. The number of likely N-dealkylation sites (tertiary alicyclic amines) is 2. The summed E-state index contributed by atoms with van der Waals surface area (Å²) in [6.07, 6.45) is 2.27. The first-order valence-corrected chi connectivity index (χ1v) is 17.9. The molecule has 2 heterocycles. The Bertz CT molecular complexity index is 1360. The Balaban J connectivity index is 2.19. The molecule has 0 unspecified atom stereocenters. The molecule has 21 heteroatoms. The number of amides is 7. The summed E-state index contributed by atoms with van der Waals surface area (Å²) >= 11 is 0. The van der Waals surface area contributed by atoms with Gasteiger partial charge in [-0.3, -0.25) is 38.6 Å². The topological polar surface area (TPSA) is 368 Å². The fraction of sp³-hybridized carbons (Fsp3) is 0.719. The van der Waals surface area contributed by atoms with Crippen LogP contribution in [0.1, 0.15) is 83.5 Å². The molecule has 298 valence electrons. The third-order valence-electron chi connectivity index (χ3n) is 9.13. The van der Waals surface area contributed by atoms with E-state index in [1.807, 2.05) is 0 Å². The van der Waals surface area contributed by atoms with Crippen molar-refractivity contribution in [2.45, 2.75) is 120 Å². The first-order valence-electron chi connectivity index (χ1n) is 17.9. The molecule has 2 aliphatic rings. The third-order valence-corrected chi connectivity index (χ3v) is 9.13. The van der Waals surface area contributed by atoms with Crippen LogP contribution >= 0.6 is 0 Å². The number of guanidine groups is 1. The van der Waals surface area contributed by atoms with Gasteiger partial charge in [0.05, 0.1) is 6.04 Å². The van der Waals surface area contributed by atoms with E-state index in [1.54, 1.807) is 0 Å². The molecule has 0 aliphatic carbocycles. The number of carboxylic acids is 1. The van der Waals surface area contributed by atoms with Gasteiger partial charge in [-0.1, -0.05) is 0 Å².